The first-order chi connectivity index (χ1) is 10.5. The zero-order chi connectivity index (χ0) is 15.7. The van der Waals surface area contributed by atoms with E-state index in [1.807, 2.05) is 19.9 Å². The van der Waals surface area contributed by atoms with Crippen molar-refractivity contribution in [1.82, 2.24) is 29.8 Å². The van der Waals surface area contributed by atoms with Crippen molar-refractivity contribution >= 4 is 11.7 Å². The molecule has 22 heavy (non-hydrogen) atoms. The molecule has 2 aromatic heterocycles. The highest BCUT2D eigenvalue weighted by Gasteiger charge is 2.20. The molecule has 0 bridgehead atoms. The quantitative estimate of drug-likeness (QED) is 0.910. The molecule has 0 aromatic carbocycles. The third-order valence-corrected chi connectivity index (χ3v) is 4.14. The van der Waals surface area contributed by atoms with E-state index < -0.39 is 0 Å². The van der Waals surface area contributed by atoms with Gasteiger partial charge in [-0.2, -0.15) is 4.98 Å². The van der Waals surface area contributed by atoms with Crippen LogP contribution < -0.4 is 5.32 Å². The Morgan fingerprint density at radius 2 is 2.05 bits per heavy atom. The molecule has 3 rings (SSSR count). The summed E-state index contributed by atoms with van der Waals surface area (Å²) >= 11 is 0. The maximum absolute atomic E-state index is 12.2. The average Bonchev–Trinajstić information content (AvgIpc) is 3.13. The van der Waals surface area contributed by atoms with Crippen LogP contribution in [0.5, 0.6) is 0 Å². The minimum absolute atomic E-state index is 0.176. The van der Waals surface area contributed by atoms with Crippen molar-refractivity contribution in [1.29, 1.82) is 0 Å². The summed E-state index contributed by atoms with van der Waals surface area (Å²) in [4.78, 5) is 23.2. The summed E-state index contributed by atoms with van der Waals surface area (Å²) in [5.41, 5.74) is 1.78. The lowest BCUT2D eigenvalue weighted by molar-refractivity contribution is 0.0930. The molecule has 0 spiro atoms. The maximum Gasteiger partial charge on any atom is 0.291 e. The molecule has 2 aromatic rings. The van der Waals surface area contributed by atoms with Crippen LogP contribution in [0.1, 0.15) is 41.8 Å². The molecule has 1 N–H and O–H groups in total. The molecule has 1 aliphatic heterocycles. The number of fused-ring (bicyclic) bond motifs is 1. The summed E-state index contributed by atoms with van der Waals surface area (Å²) in [6.07, 6.45) is 2.49. The smallest absolute Gasteiger partial charge is 0.291 e. The molecule has 0 radical (unpaired) electrons. The molecule has 0 saturated carbocycles. The van der Waals surface area contributed by atoms with Gasteiger partial charge in [-0.25, -0.2) is 9.50 Å². The van der Waals surface area contributed by atoms with Crippen LogP contribution in [-0.2, 0) is 0 Å². The van der Waals surface area contributed by atoms with Crippen molar-refractivity contribution in [2.24, 2.45) is 0 Å². The van der Waals surface area contributed by atoms with Gasteiger partial charge in [0.15, 0.2) is 0 Å². The normalized spacial score (nSPS) is 17.0. The van der Waals surface area contributed by atoms with Gasteiger partial charge in [0.05, 0.1) is 0 Å². The molecular weight excluding hydrogens is 280 g/mol. The highest BCUT2D eigenvalue weighted by molar-refractivity contribution is 5.90. The van der Waals surface area contributed by atoms with Gasteiger partial charge in [-0.15, -0.1) is 5.10 Å². The maximum atomic E-state index is 12.2. The van der Waals surface area contributed by atoms with E-state index in [0.29, 0.717) is 18.4 Å². The van der Waals surface area contributed by atoms with Crippen LogP contribution in [0.15, 0.2) is 6.07 Å². The summed E-state index contributed by atoms with van der Waals surface area (Å²) in [5.74, 6) is 0.402. The second-order valence-electron chi connectivity index (χ2n) is 5.99. The predicted octanol–water partition coefficient (Wildman–Crippen LogP) is 0.955. The number of hydrogen-bond donors (Lipinski definition) is 1. The topological polar surface area (TPSA) is 75.4 Å². The molecular formula is C15H22N6O. The molecule has 1 fully saturated rings. The predicted molar refractivity (Wildman–Crippen MR) is 82.9 cm³/mol. The van der Waals surface area contributed by atoms with E-state index >= 15 is 0 Å². The highest BCUT2D eigenvalue weighted by Crippen LogP contribution is 2.11. The van der Waals surface area contributed by atoms with Crippen LogP contribution >= 0.6 is 0 Å². The van der Waals surface area contributed by atoms with Crippen LogP contribution in [-0.4, -0.2) is 56.1 Å². The summed E-state index contributed by atoms with van der Waals surface area (Å²) in [5, 5.41) is 7.17. The number of nitrogens with zero attached hydrogens (tertiary/aromatic N) is 5. The Labute approximate surface area is 129 Å². The molecule has 1 atom stereocenters. The average molecular weight is 302 g/mol. The van der Waals surface area contributed by atoms with E-state index in [4.69, 9.17) is 0 Å². The minimum Gasteiger partial charge on any atom is -0.348 e. The van der Waals surface area contributed by atoms with Gasteiger partial charge in [0.2, 0.25) is 5.82 Å². The van der Waals surface area contributed by atoms with E-state index in [2.05, 4.69) is 32.2 Å². The largest absolute Gasteiger partial charge is 0.348 e. The first kappa shape index (κ1) is 14.9. The highest BCUT2D eigenvalue weighted by atomic mass is 16.2. The van der Waals surface area contributed by atoms with E-state index in [0.717, 1.165) is 24.5 Å². The molecule has 1 aliphatic rings. The molecule has 7 nitrogen and oxygen atoms in total. The number of amides is 1. The van der Waals surface area contributed by atoms with Crippen molar-refractivity contribution in [3.8, 4) is 0 Å². The molecule has 0 aliphatic carbocycles. The van der Waals surface area contributed by atoms with Crippen LogP contribution in [0.4, 0.5) is 0 Å². The summed E-state index contributed by atoms with van der Waals surface area (Å²) in [7, 11) is 0. The molecule has 7 heteroatoms. The van der Waals surface area contributed by atoms with Crippen LogP contribution in [0.3, 0.4) is 0 Å². The fraction of sp³-hybridized carbons (Fsp3) is 0.600. The van der Waals surface area contributed by atoms with Gasteiger partial charge in [0.25, 0.3) is 11.7 Å². The van der Waals surface area contributed by atoms with Gasteiger partial charge < -0.3 is 5.32 Å². The number of carbonyl (C=O) groups excluding carboxylic acids is 1. The van der Waals surface area contributed by atoms with Crippen molar-refractivity contribution < 1.29 is 4.79 Å². The fourth-order valence-electron chi connectivity index (χ4n) is 2.89. The van der Waals surface area contributed by atoms with Gasteiger partial charge in [-0.05, 0) is 52.8 Å². The van der Waals surface area contributed by atoms with Gasteiger partial charge in [-0.3, -0.25) is 9.69 Å². The van der Waals surface area contributed by atoms with Crippen molar-refractivity contribution in [3.05, 3.63) is 23.3 Å². The van der Waals surface area contributed by atoms with E-state index in [1.165, 1.54) is 12.8 Å². The second-order valence-corrected chi connectivity index (χ2v) is 5.99. The summed E-state index contributed by atoms with van der Waals surface area (Å²) in [6, 6.07) is 2.25. The van der Waals surface area contributed by atoms with Crippen molar-refractivity contribution in [3.63, 3.8) is 0 Å². The zero-order valence-corrected chi connectivity index (χ0v) is 13.3. The van der Waals surface area contributed by atoms with E-state index in [9.17, 15) is 4.79 Å². The Balaban J connectivity index is 1.68. The molecule has 3 heterocycles. The molecule has 1 saturated heterocycles. The van der Waals surface area contributed by atoms with E-state index in [-0.39, 0.29) is 11.7 Å². The zero-order valence-electron chi connectivity index (χ0n) is 13.3. The Hall–Kier alpha value is -2.02. The van der Waals surface area contributed by atoms with Gasteiger partial charge in [0.1, 0.15) is 0 Å². The van der Waals surface area contributed by atoms with Crippen LogP contribution in [0, 0.1) is 13.8 Å². The Morgan fingerprint density at radius 3 is 2.77 bits per heavy atom. The van der Waals surface area contributed by atoms with Crippen LogP contribution in [0.2, 0.25) is 0 Å². The lowest BCUT2D eigenvalue weighted by atomic mass is 10.3. The Kier molecular flexibility index (Phi) is 4.06. The lowest BCUT2D eigenvalue weighted by Crippen LogP contribution is -2.40. The fourth-order valence-corrected chi connectivity index (χ4v) is 2.89. The minimum atomic E-state index is -0.242. The molecule has 1 amide bonds. The van der Waals surface area contributed by atoms with E-state index in [1.54, 1.807) is 4.52 Å². The third-order valence-electron chi connectivity index (χ3n) is 4.14. The van der Waals surface area contributed by atoms with Crippen molar-refractivity contribution in [2.45, 2.75) is 39.7 Å². The molecule has 1 unspecified atom stereocenters. The SMILES string of the molecule is Cc1cc(C)n2nc(C(=O)NCC(C)N3CCCC3)nc2n1. The van der Waals surface area contributed by atoms with Gasteiger partial charge in [-0.1, -0.05) is 0 Å². The number of nitrogens with one attached hydrogen (secondary N) is 1. The Morgan fingerprint density at radius 1 is 1.32 bits per heavy atom. The number of aromatic nitrogens is 4. The number of carbonyl (C=O) groups is 1. The summed E-state index contributed by atoms with van der Waals surface area (Å²) < 4.78 is 1.60. The number of aryl methyl sites for hydroxylation is 2. The molecule has 118 valence electrons. The first-order valence-electron chi connectivity index (χ1n) is 7.78. The second kappa shape index (κ2) is 6.00. The lowest BCUT2D eigenvalue weighted by Gasteiger charge is -2.23. The Bertz CT molecular complexity index is 689. The standard InChI is InChI=1S/C15H22N6O/c1-10-8-11(2)21-15(17-10)18-13(19-21)14(22)16-9-12(3)20-6-4-5-7-20/h8,12H,4-7,9H2,1-3H3,(H,16,22). The van der Waals surface area contributed by atoms with Crippen molar-refractivity contribution in [2.75, 3.05) is 19.6 Å². The van der Waals surface area contributed by atoms with Gasteiger partial charge in [0, 0.05) is 24.0 Å². The number of rotatable bonds is 4. The van der Waals surface area contributed by atoms with Gasteiger partial charge >= 0.3 is 0 Å². The van der Waals surface area contributed by atoms with Crippen LogP contribution in [0.25, 0.3) is 5.78 Å². The first-order valence-corrected chi connectivity index (χ1v) is 7.78. The monoisotopic (exact) mass is 302 g/mol. The number of likely N-dealkylation sites (tertiary alicyclic amines) is 1. The third kappa shape index (κ3) is 2.94. The summed E-state index contributed by atoms with van der Waals surface area (Å²) in [6.45, 7) is 8.81. The number of hydrogen-bond acceptors (Lipinski definition) is 5.